The van der Waals surface area contributed by atoms with Crippen LogP contribution in [0.3, 0.4) is 0 Å². The predicted molar refractivity (Wildman–Crippen MR) is 40.8 cm³/mol. The highest BCUT2D eigenvalue weighted by atomic mass is 16.4. The number of carboxylic acid groups (broad SMARTS) is 1. The highest BCUT2D eigenvalue weighted by molar-refractivity contribution is 5.79. The van der Waals surface area contributed by atoms with Crippen LogP contribution in [-0.4, -0.2) is 11.1 Å². The van der Waals surface area contributed by atoms with Crippen molar-refractivity contribution in [1.29, 1.82) is 0 Å². The fourth-order valence-electron chi connectivity index (χ4n) is 0.568. The Labute approximate surface area is 61.6 Å². The first-order valence-corrected chi connectivity index (χ1v) is 3.56. The molecule has 0 radical (unpaired) electrons. The van der Waals surface area contributed by atoms with E-state index in [9.17, 15) is 4.79 Å². The summed E-state index contributed by atoms with van der Waals surface area (Å²) in [5, 5.41) is 8.21. The van der Waals surface area contributed by atoms with Crippen LogP contribution in [0.5, 0.6) is 0 Å². The van der Waals surface area contributed by atoms with Crippen LogP contribution in [0.25, 0.3) is 0 Å². The molecule has 0 aromatic rings. The lowest BCUT2D eigenvalue weighted by atomic mass is 10.1. The molecule has 0 unspecified atom stereocenters. The number of hydrogen-bond donors (Lipinski definition) is 1. The number of rotatable bonds is 4. The van der Waals surface area contributed by atoms with Crippen LogP contribution >= 0.6 is 0 Å². The summed E-state index contributed by atoms with van der Waals surface area (Å²) in [4.78, 5) is 9.98. The van der Waals surface area contributed by atoms with Gasteiger partial charge < -0.3 is 5.11 Å². The van der Waals surface area contributed by atoms with Crippen LogP contribution < -0.4 is 0 Å². The summed E-state index contributed by atoms with van der Waals surface area (Å²) in [6, 6.07) is 0. The maximum Gasteiger partial charge on any atom is 0.327 e. The Bertz CT molecular complexity index is 127. The Morgan fingerprint density at radius 1 is 1.70 bits per heavy atom. The van der Waals surface area contributed by atoms with E-state index >= 15 is 0 Å². The summed E-state index contributed by atoms with van der Waals surface area (Å²) >= 11 is 0. The topological polar surface area (TPSA) is 37.3 Å². The molecule has 0 aliphatic rings. The Morgan fingerprint density at radius 2 is 2.30 bits per heavy atom. The number of carbonyl (C=O) groups is 1. The van der Waals surface area contributed by atoms with Gasteiger partial charge in [-0.2, -0.15) is 0 Å². The van der Waals surface area contributed by atoms with Crippen molar-refractivity contribution in [3.05, 3.63) is 12.2 Å². The van der Waals surface area contributed by atoms with Gasteiger partial charge >= 0.3 is 5.97 Å². The lowest BCUT2D eigenvalue weighted by molar-refractivity contribution is -0.131. The van der Waals surface area contributed by atoms with Gasteiger partial charge in [0, 0.05) is 6.08 Å². The van der Waals surface area contributed by atoms with Gasteiger partial charge in [0.15, 0.2) is 0 Å². The van der Waals surface area contributed by atoms with Crippen molar-refractivity contribution >= 4 is 5.97 Å². The molecule has 0 saturated carbocycles. The molecule has 0 aliphatic carbocycles. The van der Waals surface area contributed by atoms with E-state index in [0.717, 1.165) is 12.8 Å². The van der Waals surface area contributed by atoms with Crippen LogP contribution in [0, 0.1) is 5.92 Å². The first-order chi connectivity index (χ1) is 4.66. The Hall–Kier alpha value is -0.790. The van der Waals surface area contributed by atoms with E-state index < -0.39 is 5.97 Å². The quantitative estimate of drug-likeness (QED) is 0.610. The molecule has 0 aromatic carbocycles. The first kappa shape index (κ1) is 9.21. The van der Waals surface area contributed by atoms with E-state index in [-0.39, 0.29) is 0 Å². The monoisotopic (exact) mass is 142 g/mol. The molecule has 10 heavy (non-hydrogen) atoms. The molecule has 0 heterocycles. The molecule has 1 N–H and O–H groups in total. The van der Waals surface area contributed by atoms with E-state index in [1.807, 2.05) is 0 Å². The molecular weight excluding hydrogens is 128 g/mol. The van der Waals surface area contributed by atoms with Crippen molar-refractivity contribution in [2.45, 2.75) is 26.7 Å². The molecule has 1 atom stereocenters. The molecule has 0 bridgehead atoms. The van der Waals surface area contributed by atoms with Crippen LogP contribution in [0.4, 0.5) is 0 Å². The SMILES string of the molecule is CC[C@@H](C)CC=CC(=O)O. The van der Waals surface area contributed by atoms with Gasteiger partial charge in [0.1, 0.15) is 0 Å². The molecule has 2 nitrogen and oxygen atoms in total. The van der Waals surface area contributed by atoms with Crippen molar-refractivity contribution in [2.75, 3.05) is 0 Å². The number of allylic oxidation sites excluding steroid dienone is 1. The molecule has 0 spiro atoms. The number of carboxylic acids is 1. The van der Waals surface area contributed by atoms with Crippen LogP contribution in [-0.2, 0) is 4.79 Å². The standard InChI is InChI=1S/C8H14O2/c1-3-7(2)5-4-6-8(9)10/h4,6-7H,3,5H2,1-2H3,(H,9,10)/t7-/m1/s1. The van der Waals surface area contributed by atoms with Crippen molar-refractivity contribution in [3.8, 4) is 0 Å². The van der Waals surface area contributed by atoms with E-state index in [4.69, 9.17) is 5.11 Å². The first-order valence-electron chi connectivity index (χ1n) is 3.56. The second-order valence-electron chi connectivity index (χ2n) is 2.49. The summed E-state index contributed by atoms with van der Waals surface area (Å²) in [6.07, 6.45) is 4.87. The molecule has 0 fully saturated rings. The molecule has 0 saturated heterocycles. The smallest absolute Gasteiger partial charge is 0.327 e. The summed E-state index contributed by atoms with van der Waals surface area (Å²) in [6.45, 7) is 4.20. The lowest BCUT2D eigenvalue weighted by Crippen LogP contribution is -1.90. The van der Waals surface area contributed by atoms with E-state index in [2.05, 4.69) is 13.8 Å². The van der Waals surface area contributed by atoms with Gasteiger partial charge in [-0.05, 0) is 12.3 Å². The summed E-state index contributed by atoms with van der Waals surface area (Å²) < 4.78 is 0. The van der Waals surface area contributed by atoms with E-state index in [1.54, 1.807) is 6.08 Å². The minimum atomic E-state index is -0.858. The second-order valence-corrected chi connectivity index (χ2v) is 2.49. The maximum absolute atomic E-state index is 9.98. The maximum atomic E-state index is 9.98. The summed E-state index contributed by atoms with van der Waals surface area (Å²) in [7, 11) is 0. The minimum Gasteiger partial charge on any atom is -0.478 e. The van der Waals surface area contributed by atoms with E-state index in [0.29, 0.717) is 5.92 Å². The molecule has 0 rings (SSSR count). The van der Waals surface area contributed by atoms with E-state index in [1.165, 1.54) is 6.08 Å². The van der Waals surface area contributed by atoms with Gasteiger partial charge in [-0.3, -0.25) is 0 Å². The van der Waals surface area contributed by atoms with Crippen molar-refractivity contribution in [2.24, 2.45) is 5.92 Å². The van der Waals surface area contributed by atoms with Crippen molar-refractivity contribution in [1.82, 2.24) is 0 Å². The molecule has 0 aromatic heterocycles. The summed E-state index contributed by atoms with van der Waals surface area (Å²) in [5.41, 5.74) is 0. The van der Waals surface area contributed by atoms with Crippen LogP contribution in [0.1, 0.15) is 26.7 Å². The van der Waals surface area contributed by atoms with Crippen molar-refractivity contribution in [3.63, 3.8) is 0 Å². The molecule has 2 heteroatoms. The highest BCUT2D eigenvalue weighted by Gasteiger charge is 1.93. The highest BCUT2D eigenvalue weighted by Crippen LogP contribution is 2.05. The van der Waals surface area contributed by atoms with Crippen LogP contribution in [0.15, 0.2) is 12.2 Å². The molecule has 58 valence electrons. The van der Waals surface area contributed by atoms with Gasteiger partial charge in [-0.25, -0.2) is 4.79 Å². The molecule has 0 aliphatic heterocycles. The Balaban J connectivity index is 3.43. The fourth-order valence-corrected chi connectivity index (χ4v) is 0.568. The number of hydrogen-bond acceptors (Lipinski definition) is 1. The van der Waals surface area contributed by atoms with Gasteiger partial charge in [0.25, 0.3) is 0 Å². The third-order valence-corrected chi connectivity index (χ3v) is 1.50. The third kappa shape index (κ3) is 5.35. The van der Waals surface area contributed by atoms with Gasteiger partial charge in [-0.1, -0.05) is 26.3 Å². The third-order valence-electron chi connectivity index (χ3n) is 1.50. The van der Waals surface area contributed by atoms with Gasteiger partial charge in [0.05, 0.1) is 0 Å². The molecule has 0 amide bonds. The second kappa shape index (κ2) is 5.03. The normalized spacial score (nSPS) is 13.8. The number of aliphatic carboxylic acids is 1. The van der Waals surface area contributed by atoms with Gasteiger partial charge in [-0.15, -0.1) is 0 Å². The average molecular weight is 142 g/mol. The average Bonchev–Trinajstić information content (AvgIpc) is 1.87. The fraction of sp³-hybridized carbons (Fsp3) is 0.625. The largest absolute Gasteiger partial charge is 0.478 e. The Morgan fingerprint density at radius 3 is 2.70 bits per heavy atom. The van der Waals surface area contributed by atoms with Crippen molar-refractivity contribution < 1.29 is 9.90 Å². The zero-order valence-electron chi connectivity index (χ0n) is 6.50. The zero-order chi connectivity index (χ0) is 7.98. The predicted octanol–water partition coefficient (Wildman–Crippen LogP) is 2.06. The summed E-state index contributed by atoms with van der Waals surface area (Å²) in [5.74, 6) is -0.265. The molecular formula is C8H14O2. The zero-order valence-corrected chi connectivity index (χ0v) is 6.50. The Kier molecular flexibility index (Phi) is 4.63. The van der Waals surface area contributed by atoms with Gasteiger partial charge in [0.2, 0.25) is 0 Å². The lowest BCUT2D eigenvalue weighted by Gasteiger charge is -2.00. The minimum absolute atomic E-state index is 0.593. The van der Waals surface area contributed by atoms with Crippen LogP contribution in [0.2, 0.25) is 0 Å².